The Morgan fingerprint density at radius 1 is 1.23 bits per heavy atom. The number of hydrogen-bond acceptors (Lipinski definition) is 8. The molecule has 1 aliphatic carbocycles. The number of piperidine rings is 1. The Morgan fingerprint density at radius 2 is 2.03 bits per heavy atom. The molecule has 0 spiro atoms. The highest BCUT2D eigenvalue weighted by Gasteiger charge is 2.43. The molecule has 210 valence electrons. The first-order chi connectivity index (χ1) is 18.8. The van der Waals surface area contributed by atoms with Crippen molar-refractivity contribution in [2.75, 3.05) is 48.9 Å². The Labute approximate surface area is 230 Å². The molecule has 2 aliphatic heterocycles. The van der Waals surface area contributed by atoms with Gasteiger partial charge in [0.1, 0.15) is 11.4 Å². The quantitative estimate of drug-likeness (QED) is 0.490. The second-order valence-corrected chi connectivity index (χ2v) is 11.3. The van der Waals surface area contributed by atoms with Gasteiger partial charge >= 0.3 is 0 Å². The number of methoxy groups -OCH3 is 1. The van der Waals surface area contributed by atoms with Gasteiger partial charge in [0, 0.05) is 37.8 Å². The van der Waals surface area contributed by atoms with E-state index in [0.717, 1.165) is 56.7 Å². The molecule has 1 saturated carbocycles. The van der Waals surface area contributed by atoms with E-state index in [1.54, 1.807) is 30.3 Å². The molecule has 3 aliphatic rings. The number of ether oxygens (including phenoxy) is 1. The van der Waals surface area contributed by atoms with Gasteiger partial charge in [0.25, 0.3) is 5.91 Å². The van der Waals surface area contributed by atoms with Crippen LogP contribution in [0, 0.1) is 5.41 Å². The average Bonchev–Trinajstić information content (AvgIpc) is 3.48. The SMILES string of the molecule is CC[C@]1(C)CN(C2CCCC2)c2nc(Nc3ccc(C(=O)N[C@H]4CCCNC4)cc3OC)ncc2N(C)C1=O. The summed E-state index contributed by atoms with van der Waals surface area (Å²) in [7, 11) is 3.40. The van der Waals surface area contributed by atoms with Crippen LogP contribution in [0.1, 0.15) is 69.2 Å². The fourth-order valence-corrected chi connectivity index (χ4v) is 5.99. The number of nitrogens with one attached hydrogen (secondary N) is 3. The molecule has 39 heavy (non-hydrogen) atoms. The number of nitrogens with zero attached hydrogens (tertiary/aromatic N) is 4. The third kappa shape index (κ3) is 5.52. The third-order valence-electron chi connectivity index (χ3n) is 8.61. The van der Waals surface area contributed by atoms with Crippen LogP contribution < -0.4 is 30.5 Å². The van der Waals surface area contributed by atoms with E-state index in [1.165, 1.54) is 12.8 Å². The van der Waals surface area contributed by atoms with E-state index in [4.69, 9.17) is 9.72 Å². The lowest BCUT2D eigenvalue weighted by atomic mass is 9.85. The highest BCUT2D eigenvalue weighted by Crippen LogP contribution is 2.42. The minimum absolute atomic E-state index is 0.0931. The molecule has 1 aromatic carbocycles. The van der Waals surface area contributed by atoms with Crippen molar-refractivity contribution in [3.8, 4) is 5.75 Å². The minimum Gasteiger partial charge on any atom is -0.495 e. The van der Waals surface area contributed by atoms with E-state index in [9.17, 15) is 9.59 Å². The monoisotopic (exact) mass is 535 g/mol. The number of aromatic nitrogens is 2. The molecule has 2 amide bonds. The highest BCUT2D eigenvalue weighted by atomic mass is 16.5. The zero-order chi connectivity index (χ0) is 27.6. The lowest BCUT2D eigenvalue weighted by Gasteiger charge is -2.35. The van der Waals surface area contributed by atoms with Gasteiger partial charge in [0.15, 0.2) is 5.82 Å². The lowest BCUT2D eigenvalue weighted by molar-refractivity contribution is -0.126. The van der Waals surface area contributed by atoms with Crippen molar-refractivity contribution < 1.29 is 14.3 Å². The zero-order valence-corrected chi connectivity index (χ0v) is 23.5. The van der Waals surface area contributed by atoms with E-state index < -0.39 is 5.41 Å². The number of fused-ring (bicyclic) bond motifs is 1. The summed E-state index contributed by atoms with van der Waals surface area (Å²) >= 11 is 0. The van der Waals surface area contributed by atoms with Gasteiger partial charge in [-0.2, -0.15) is 4.98 Å². The van der Waals surface area contributed by atoms with Crippen LogP contribution in [0.3, 0.4) is 0 Å². The van der Waals surface area contributed by atoms with Crippen LogP contribution in [0.25, 0.3) is 0 Å². The molecule has 0 radical (unpaired) electrons. The molecule has 10 heteroatoms. The Kier molecular flexibility index (Phi) is 7.93. The summed E-state index contributed by atoms with van der Waals surface area (Å²) in [6.45, 7) is 6.54. The number of carbonyl (C=O) groups is 2. The predicted molar refractivity (Wildman–Crippen MR) is 153 cm³/mol. The summed E-state index contributed by atoms with van der Waals surface area (Å²) in [5.74, 6) is 1.70. The molecule has 3 N–H and O–H groups in total. The summed E-state index contributed by atoms with van der Waals surface area (Å²) in [4.78, 5) is 39.9. The normalized spacial score (nSPS) is 23.8. The number of rotatable bonds is 7. The van der Waals surface area contributed by atoms with Gasteiger partial charge in [-0.25, -0.2) is 4.98 Å². The lowest BCUT2D eigenvalue weighted by Crippen LogP contribution is -2.46. The first-order valence-electron chi connectivity index (χ1n) is 14.2. The molecule has 0 bridgehead atoms. The second kappa shape index (κ2) is 11.4. The maximum Gasteiger partial charge on any atom is 0.251 e. The Balaban J connectivity index is 1.42. The average molecular weight is 536 g/mol. The molecule has 1 aromatic heterocycles. The van der Waals surface area contributed by atoms with Gasteiger partial charge in [-0.1, -0.05) is 19.8 Å². The molecule has 3 heterocycles. The Bertz CT molecular complexity index is 1210. The van der Waals surface area contributed by atoms with E-state index in [2.05, 4.69) is 39.7 Å². The first-order valence-corrected chi connectivity index (χ1v) is 14.2. The van der Waals surface area contributed by atoms with Crippen molar-refractivity contribution in [3.05, 3.63) is 30.0 Å². The van der Waals surface area contributed by atoms with Crippen molar-refractivity contribution in [3.63, 3.8) is 0 Å². The molecule has 5 rings (SSSR count). The number of carbonyl (C=O) groups excluding carboxylic acids is 2. The summed E-state index contributed by atoms with van der Waals surface area (Å²) < 4.78 is 5.63. The predicted octanol–water partition coefficient (Wildman–Crippen LogP) is 3.85. The fourth-order valence-electron chi connectivity index (χ4n) is 5.99. The van der Waals surface area contributed by atoms with Crippen LogP contribution in [0.15, 0.2) is 24.4 Å². The smallest absolute Gasteiger partial charge is 0.251 e. The van der Waals surface area contributed by atoms with Gasteiger partial charge < -0.3 is 30.5 Å². The van der Waals surface area contributed by atoms with Crippen molar-refractivity contribution in [1.29, 1.82) is 0 Å². The molecule has 10 nitrogen and oxygen atoms in total. The number of anilines is 4. The van der Waals surface area contributed by atoms with Gasteiger partial charge in [0.2, 0.25) is 11.9 Å². The topological polar surface area (TPSA) is 112 Å². The largest absolute Gasteiger partial charge is 0.495 e. The van der Waals surface area contributed by atoms with Crippen LogP contribution in [-0.2, 0) is 4.79 Å². The van der Waals surface area contributed by atoms with Gasteiger partial charge in [0.05, 0.1) is 24.4 Å². The van der Waals surface area contributed by atoms with Crippen LogP contribution in [-0.4, -0.2) is 67.7 Å². The first kappa shape index (κ1) is 27.2. The third-order valence-corrected chi connectivity index (χ3v) is 8.61. The summed E-state index contributed by atoms with van der Waals surface area (Å²) in [5, 5.41) is 9.72. The standard InChI is InChI=1S/C29H41N7O3/c1-5-29(2)18-36(21-10-6-7-11-21)25-23(35(3)27(29)38)17-31-28(34-25)33-22-13-12-19(15-24(22)39-4)26(37)32-20-9-8-14-30-16-20/h12-13,15,17,20-21,30H,5-11,14,16,18H2,1-4H3,(H,32,37)(H,31,33,34)/t20-,29+/m0/s1. The molecular formula is C29H41N7O3. The summed E-state index contributed by atoms with van der Waals surface area (Å²) in [6, 6.07) is 5.82. The number of hydrogen-bond donors (Lipinski definition) is 3. The maximum absolute atomic E-state index is 13.5. The Morgan fingerprint density at radius 3 is 2.72 bits per heavy atom. The molecule has 1 saturated heterocycles. The number of amides is 2. The maximum atomic E-state index is 13.5. The van der Waals surface area contributed by atoms with Crippen molar-refractivity contribution in [1.82, 2.24) is 20.6 Å². The van der Waals surface area contributed by atoms with Gasteiger partial charge in [-0.3, -0.25) is 9.59 Å². The molecule has 2 fully saturated rings. The van der Waals surface area contributed by atoms with Gasteiger partial charge in [-0.15, -0.1) is 0 Å². The minimum atomic E-state index is -0.501. The van der Waals surface area contributed by atoms with E-state index >= 15 is 0 Å². The van der Waals surface area contributed by atoms with Crippen molar-refractivity contribution in [2.45, 2.75) is 70.9 Å². The second-order valence-electron chi connectivity index (χ2n) is 11.3. The fraction of sp³-hybridized carbons (Fsp3) is 0.586. The van der Waals surface area contributed by atoms with E-state index in [0.29, 0.717) is 35.5 Å². The molecule has 2 atom stereocenters. The van der Waals surface area contributed by atoms with E-state index in [-0.39, 0.29) is 17.9 Å². The zero-order valence-electron chi connectivity index (χ0n) is 23.5. The Hall–Kier alpha value is -3.40. The molecule has 2 aromatic rings. The van der Waals surface area contributed by atoms with E-state index in [1.807, 2.05) is 13.1 Å². The van der Waals surface area contributed by atoms with Crippen LogP contribution >= 0.6 is 0 Å². The summed E-state index contributed by atoms with van der Waals surface area (Å²) in [6.07, 6.45) is 9.08. The molecular weight excluding hydrogens is 494 g/mol. The van der Waals surface area contributed by atoms with Crippen LogP contribution in [0.2, 0.25) is 0 Å². The van der Waals surface area contributed by atoms with Crippen molar-refractivity contribution in [2.24, 2.45) is 5.41 Å². The van der Waals surface area contributed by atoms with Crippen LogP contribution in [0.5, 0.6) is 5.75 Å². The van der Waals surface area contributed by atoms with Crippen molar-refractivity contribution >= 4 is 35.0 Å². The van der Waals surface area contributed by atoms with Crippen LogP contribution in [0.4, 0.5) is 23.1 Å². The molecule has 0 unspecified atom stereocenters. The van der Waals surface area contributed by atoms with Gasteiger partial charge in [-0.05, 0) is 63.8 Å². The summed E-state index contributed by atoms with van der Waals surface area (Å²) in [5.41, 5.74) is 1.43. The highest BCUT2D eigenvalue weighted by molar-refractivity contribution is 6.01. The number of benzene rings is 1.